The number of hydrogen-bond donors (Lipinski definition) is 1. The van der Waals surface area contributed by atoms with E-state index in [0.29, 0.717) is 18.2 Å². The van der Waals surface area contributed by atoms with Crippen LogP contribution in [0.4, 0.5) is 5.95 Å². The lowest BCUT2D eigenvalue weighted by molar-refractivity contribution is -0.0993. The quantitative estimate of drug-likeness (QED) is 0.704. The Morgan fingerprint density at radius 2 is 1.86 bits per heavy atom. The highest BCUT2D eigenvalue weighted by Gasteiger charge is 2.38. The molecular formula is C23H32N4O. The Labute approximate surface area is 168 Å². The SMILES string of the molecule is CCCC[C@@H]1CN(Cc2cnc(NCc3ccccc3)nc2)C[C@H](C2CC2)O1. The van der Waals surface area contributed by atoms with Crippen molar-refractivity contribution >= 4 is 5.95 Å². The van der Waals surface area contributed by atoms with Gasteiger partial charge in [0, 0.05) is 44.1 Å². The second kappa shape index (κ2) is 9.48. The molecule has 5 nitrogen and oxygen atoms in total. The van der Waals surface area contributed by atoms with Crippen LogP contribution in [0.15, 0.2) is 42.7 Å². The maximum atomic E-state index is 6.39. The van der Waals surface area contributed by atoms with Crippen LogP contribution < -0.4 is 5.32 Å². The van der Waals surface area contributed by atoms with E-state index in [-0.39, 0.29) is 0 Å². The zero-order chi connectivity index (χ0) is 19.2. The van der Waals surface area contributed by atoms with Gasteiger partial charge in [0.1, 0.15) is 0 Å². The number of ether oxygens (including phenoxy) is 1. The molecule has 150 valence electrons. The summed E-state index contributed by atoms with van der Waals surface area (Å²) >= 11 is 0. The van der Waals surface area contributed by atoms with Crippen molar-refractivity contribution in [3.63, 3.8) is 0 Å². The van der Waals surface area contributed by atoms with Gasteiger partial charge in [-0.3, -0.25) is 4.90 Å². The van der Waals surface area contributed by atoms with E-state index in [4.69, 9.17) is 4.74 Å². The van der Waals surface area contributed by atoms with Gasteiger partial charge in [-0.25, -0.2) is 9.97 Å². The van der Waals surface area contributed by atoms with Crippen molar-refractivity contribution in [2.75, 3.05) is 18.4 Å². The first-order chi connectivity index (χ1) is 13.8. The molecule has 28 heavy (non-hydrogen) atoms. The average molecular weight is 381 g/mol. The first kappa shape index (κ1) is 19.3. The minimum atomic E-state index is 0.382. The van der Waals surface area contributed by atoms with E-state index >= 15 is 0 Å². The van der Waals surface area contributed by atoms with Crippen molar-refractivity contribution in [2.45, 2.75) is 64.3 Å². The maximum Gasteiger partial charge on any atom is 0.222 e. The number of nitrogens with zero attached hydrogens (tertiary/aromatic N) is 3. The van der Waals surface area contributed by atoms with Gasteiger partial charge in [0.2, 0.25) is 5.95 Å². The van der Waals surface area contributed by atoms with Crippen molar-refractivity contribution < 1.29 is 4.74 Å². The Morgan fingerprint density at radius 3 is 2.57 bits per heavy atom. The number of hydrogen-bond acceptors (Lipinski definition) is 5. The highest BCUT2D eigenvalue weighted by Crippen LogP contribution is 2.37. The highest BCUT2D eigenvalue weighted by molar-refractivity contribution is 5.27. The largest absolute Gasteiger partial charge is 0.372 e. The van der Waals surface area contributed by atoms with Crippen LogP contribution >= 0.6 is 0 Å². The summed E-state index contributed by atoms with van der Waals surface area (Å²) in [5, 5.41) is 3.30. The van der Waals surface area contributed by atoms with Crippen molar-refractivity contribution in [1.82, 2.24) is 14.9 Å². The monoisotopic (exact) mass is 380 g/mol. The van der Waals surface area contributed by atoms with Crippen LogP contribution in [0.5, 0.6) is 0 Å². The molecule has 1 aliphatic carbocycles. The summed E-state index contributed by atoms with van der Waals surface area (Å²) in [7, 11) is 0. The topological polar surface area (TPSA) is 50.3 Å². The third-order valence-electron chi connectivity index (χ3n) is 5.70. The van der Waals surface area contributed by atoms with Crippen LogP contribution in [-0.2, 0) is 17.8 Å². The molecule has 0 radical (unpaired) electrons. The molecule has 1 aromatic heterocycles. The van der Waals surface area contributed by atoms with Crippen LogP contribution in [0.1, 0.15) is 50.2 Å². The zero-order valence-corrected chi connectivity index (χ0v) is 16.9. The lowest BCUT2D eigenvalue weighted by Crippen LogP contribution is -2.48. The lowest BCUT2D eigenvalue weighted by atomic mass is 10.1. The van der Waals surface area contributed by atoms with E-state index in [1.165, 1.54) is 43.2 Å². The predicted octanol–water partition coefficient (Wildman–Crippen LogP) is 4.26. The molecule has 1 N–H and O–H groups in total. The first-order valence-corrected chi connectivity index (χ1v) is 10.8. The van der Waals surface area contributed by atoms with Crippen molar-refractivity contribution in [3.05, 3.63) is 53.9 Å². The summed E-state index contributed by atoms with van der Waals surface area (Å²) in [5.74, 6) is 1.47. The molecule has 0 spiro atoms. The van der Waals surface area contributed by atoms with Gasteiger partial charge in [0.05, 0.1) is 12.2 Å². The average Bonchev–Trinajstić information content (AvgIpc) is 3.58. The van der Waals surface area contributed by atoms with Gasteiger partial charge in [0.15, 0.2) is 0 Å². The maximum absolute atomic E-state index is 6.39. The van der Waals surface area contributed by atoms with Gasteiger partial charge < -0.3 is 10.1 Å². The van der Waals surface area contributed by atoms with E-state index in [1.54, 1.807) is 0 Å². The van der Waals surface area contributed by atoms with Crippen LogP contribution in [0.25, 0.3) is 0 Å². The molecule has 2 heterocycles. The van der Waals surface area contributed by atoms with Crippen LogP contribution in [0, 0.1) is 5.92 Å². The number of benzene rings is 1. The predicted molar refractivity (Wildman–Crippen MR) is 112 cm³/mol. The molecule has 0 bridgehead atoms. The Morgan fingerprint density at radius 1 is 1.07 bits per heavy atom. The smallest absolute Gasteiger partial charge is 0.222 e. The minimum Gasteiger partial charge on any atom is -0.372 e. The zero-order valence-electron chi connectivity index (χ0n) is 16.9. The molecule has 1 aromatic carbocycles. The molecule has 1 saturated heterocycles. The van der Waals surface area contributed by atoms with Gasteiger partial charge in [-0.1, -0.05) is 50.1 Å². The molecule has 1 saturated carbocycles. The number of anilines is 1. The second-order valence-corrected chi connectivity index (χ2v) is 8.22. The molecular weight excluding hydrogens is 348 g/mol. The van der Waals surface area contributed by atoms with Gasteiger partial charge >= 0.3 is 0 Å². The Balaban J connectivity index is 1.31. The van der Waals surface area contributed by atoms with Crippen LogP contribution in [0.3, 0.4) is 0 Å². The summed E-state index contributed by atoms with van der Waals surface area (Å²) in [4.78, 5) is 11.6. The molecule has 0 amide bonds. The lowest BCUT2D eigenvalue weighted by Gasteiger charge is -2.38. The molecule has 0 unspecified atom stereocenters. The Bertz CT molecular complexity index is 717. The van der Waals surface area contributed by atoms with Crippen molar-refractivity contribution in [1.29, 1.82) is 0 Å². The van der Waals surface area contributed by atoms with Gasteiger partial charge in [0.25, 0.3) is 0 Å². The fourth-order valence-electron chi connectivity index (χ4n) is 3.96. The first-order valence-electron chi connectivity index (χ1n) is 10.8. The third-order valence-corrected chi connectivity index (χ3v) is 5.70. The van der Waals surface area contributed by atoms with Crippen LogP contribution in [-0.4, -0.2) is 40.2 Å². The molecule has 2 fully saturated rings. The fourth-order valence-corrected chi connectivity index (χ4v) is 3.96. The van der Waals surface area contributed by atoms with Crippen molar-refractivity contribution in [3.8, 4) is 0 Å². The third kappa shape index (κ3) is 5.52. The van der Waals surface area contributed by atoms with E-state index in [9.17, 15) is 0 Å². The number of rotatable bonds is 9. The number of unbranched alkanes of at least 4 members (excludes halogenated alkanes) is 1. The van der Waals surface area contributed by atoms with E-state index in [1.807, 2.05) is 30.6 Å². The number of aromatic nitrogens is 2. The number of nitrogens with one attached hydrogen (secondary N) is 1. The van der Waals surface area contributed by atoms with E-state index < -0.39 is 0 Å². The van der Waals surface area contributed by atoms with Gasteiger partial charge in [-0.2, -0.15) is 0 Å². The molecule has 1 aliphatic heterocycles. The molecule has 4 rings (SSSR count). The molecule has 5 heteroatoms. The normalized spacial score (nSPS) is 22.9. The minimum absolute atomic E-state index is 0.382. The van der Waals surface area contributed by atoms with Gasteiger partial charge in [-0.15, -0.1) is 0 Å². The van der Waals surface area contributed by atoms with Gasteiger partial charge in [-0.05, 0) is 30.7 Å². The highest BCUT2D eigenvalue weighted by atomic mass is 16.5. The Kier molecular flexibility index (Phi) is 6.55. The summed E-state index contributed by atoms with van der Waals surface area (Å²) in [6.07, 6.45) is 11.1. The summed E-state index contributed by atoms with van der Waals surface area (Å²) < 4.78 is 6.39. The molecule has 2 aromatic rings. The Hall–Kier alpha value is -1.98. The van der Waals surface area contributed by atoms with Crippen molar-refractivity contribution in [2.24, 2.45) is 5.92 Å². The summed E-state index contributed by atoms with van der Waals surface area (Å²) in [5.41, 5.74) is 2.41. The second-order valence-electron chi connectivity index (χ2n) is 8.22. The van der Waals surface area contributed by atoms with E-state index in [0.717, 1.165) is 32.1 Å². The summed E-state index contributed by atoms with van der Waals surface area (Å²) in [6.45, 7) is 5.97. The standard InChI is InChI=1S/C23H32N4O/c1-2-3-9-21-16-27(17-22(28-21)20-10-11-20)15-19-13-25-23(26-14-19)24-12-18-7-5-4-6-8-18/h4-8,13-14,20-22H,2-3,9-12,15-17H2,1H3,(H,24,25,26)/t21-,22-/m1/s1. The fraction of sp³-hybridized carbons (Fsp3) is 0.565. The van der Waals surface area contributed by atoms with Crippen LogP contribution in [0.2, 0.25) is 0 Å². The number of morpholine rings is 1. The summed E-state index contributed by atoms with van der Waals surface area (Å²) in [6, 6.07) is 10.3. The molecule has 2 atom stereocenters. The van der Waals surface area contributed by atoms with E-state index in [2.05, 4.69) is 39.2 Å². The molecule has 2 aliphatic rings.